The summed E-state index contributed by atoms with van der Waals surface area (Å²) < 4.78 is 1.37. The lowest BCUT2D eigenvalue weighted by atomic mass is 10.2. The highest BCUT2D eigenvalue weighted by Crippen LogP contribution is 2.11. The van der Waals surface area contributed by atoms with Gasteiger partial charge in [0.2, 0.25) is 0 Å². The average Bonchev–Trinajstić information content (AvgIpc) is 2.51. The minimum Gasteiger partial charge on any atom is -0.480 e. The number of aliphatic carboxylic acids is 1. The second-order valence-electron chi connectivity index (χ2n) is 2.52. The Labute approximate surface area is 70.0 Å². The van der Waals surface area contributed by atoms with Crippen LogP contribution in [0.1, 0.15) is 25.8 Å². The molecule has 0 spiro atoms. The zero-order valence-corrected chi connectivity index (χ0v) is 6.84. The van der Waals surface area contributed by atoms with Crippen LogP contribution in [0.4, 0.5) is 0 Å². The van der Waals surface area contributed by atoms with Gasteiger partial charge in [0.1, 0.15) is 12.7 Å². The summed E-state index contributed by atoms with van der Waals surface area (Å²) in [7, 11) is 0. The fourth-order valence-electron chi connectivity index (χ4n) is 1.02. The van der Waals surface area contributed by atoms with E-state index in [1.807, 2.05) is 6.92 Å². The Morgan fingerprint density at radius 3 is 2.92 bits per heavy atom. The molecule has 1 N–H and O–H groups in total. The highest BCUT2D eigenvalue weighted by atomic mass is 16.4. The first kappa shape index (κ1) is 8.70. The van der Waals surface area contributed by atoms with Crippen LogP contribution in [0, 0.1) is 0 Å². The minimum absolute atomic E-state index is 0.572. The van der Waals surface area contributed by atoms with Gasteiger partial charge in [-0.25, -0.2) is 14.5 Å². The maximum Gasteiger partial charge on any atom is 0.328 e. The molecule has 66 valence electrons. The Balaban J connectivity index is 2.73. The molecule has 1 heterocycles. The Morgan fingerprint density at radius 2 is 2.50 bits per heavy atom. The lowest BCUT2D eigenvalue weighted by Crippen LogP contribution is -2.19. The molecule has 5 nitrogen and oxygen atoms in total. The van der Waals surface area contributed by atoms with E-state index in [0.717, 1.165) is 6.42 Å². The van der Waals surface area contributed by atoms with Gasteiger partial charge in [-0.1, -0.05) is 13.3 Å². The zero-order valence-electron chi connectivity index (χ0n) is 6.84. The molecule has 12 heavy (non-hydrogen) atoms. The molecule has 0 fully saturated rings. The predicted molar refractivity (Wildman–Crippen MR) is 41.6 cm³/mol. The Bertz CT molecular complexity index is 245. The molecule has 0 aromatic carbocycles. The number of carboxylic acids is 1. The smallest absolute Gasteiger partial charge is 0.328 e. The van der Waals surface area contributed by atoms with Crippen LogP contribution >= 0.6 is 0 Å². The first-order valence-electron chi connectivity index (χ1n) is 3.82. The molecule has 1 aromatic heterocycles. The van der Waals surface area contributed by atoms with E-state index in [2.05, 4.69) is 10.1 Å². The summed E-state index contributed by atoms with van der Waals surface area (Å²) in [5.41, 5.74) is 0. The molecule has 0 radical (unpaired) electrons. The lowest BCUT2D eigenvalue weighted by molar-refractivity contribution is -0.141. The number of hydrogen-bond donors (Lipinski definition) is 1. The van der Waals surface area contributed by atoms with E-state index in [0.29, 0.717) is 6.42 Å². The molecular formula is C7H11N3O2. The van der Waals surface area contributed by atoms with Crippen LogP contribution in [0.25, 0.3) is 0 Å². The van der Waals surface area contributed by atoms with E-state index in [9.17, 15) is 4.79 Å². The van der Waals surface area contributed by atoms with Gasteiger partial charge in [0, 0.05) is 0 Å². The molecule has 1 unspecified atom stereocenters. The fourth-order valence-corrected chi connectivity index (χ4v) is 1.02. The van der Waals surface area contributed by atoms with Crippen molar-refractivity contribution < 1.29 is 9.90 Å². The van der Waals surface area contributed by atoms with E-state index < -0.39 is 12.0 Å². The highest BCUT2D eigenvalue weighted by molar-refractivity contribution is 5.71. The van der Waals surface area contributed by atoms with Crippen LogP contribution in [0.5, 0.6) is 0 Å². The largest absolute Gasteiger partial charge is 0.480 e. The molecule has 0 aliphatic carbocycles. The van der Waals surface area contributed by atoms with Crippen molar-refractivity contribution in [3.63, 3.8) is 0 Å². The van der Waals surface area contributed by atoms with Gasteiger partial charge in [-0.2, -0.15) is 5.10 Å². The topological polar surface area (TPSA) is 68.0 Å². The summed E-state index contributed by atoms with van der Waals surface area (Å²) in [6, 6.07) is -0.572. The number of aromatic nitrogens is 3. The quantitative estimate of drug-likeness (QED) is 0.720. The van der Waals surface area contributed by atoms with E-state index in [1.54, 1.807) is 0 Å². The molecular weight excluding hydrogens is 158 g/mol. The first-order valence-corrected chi connectivity index (χ1v) is 3.82. The minimum atomic E-state index is -0.859. The number of rotatable bonds is 4. The van der Waals surface area contributed by atoms with Crippen molar-refractivity contribution in [3.8, 4) is 0 Å². The van der Waals surface area contributed by atoms with Crippen molar-refractivity contribution in [2.24, 2.45) is 0 Å². The summed E-state index contributed by atoms with van der Waals surface area (Å²) in [5, 5.41) is 12.6. The van der Waals surface area contributed by atoms with Crippen molar-refractivity contribution in [2.45, 2.75) is 25.8 Å². The maximum absolute atomic E-state index is 10.7. The number of carboxylic acid groups (broad SMARTS) is 1. The van der Waals surface area contributed by atoms with Crippen molar-refractivity contribution in [1.29, 1.82) is 0 Å². The van der Waals surface area contributed by atoms with E-state index in [4.69, 9.17) is 5.11 Å². The molecule has 1 aromatic rings. The van der Waals surface area contributed by atoms with Gasteiger partial charge in [0.05, 0.1) is 0 Å². The molecule has 1 atom stereocenters. The molecule has 1 rings (SSSR count). The first-order chi connectivity index (χ1) is 5.75. The Morgan fingerprint density at radius 1 is 1.75 bits per heavy atom. The third-order valence-electron chi connectivity index (χ3n) is 1.60. The molecule has 0 amide bonds. The van der Waals surface area contributed by atoms with Crippen molar-refractivity contribution in [1.82, 2.24) is 14.8 Å². The SMILES string of the molecule is CCCC(C(=O)O)n1cncn1. The Kier molecular flexibility index (Phi) is 2.79. The maximum atomic E-state index is 10.7. The van der Waals surface area contributed by atoms with E-state index in [1.165, 1.54) is 17.3 Å². The highest BCUT2D eigenvalue weighted by Gasteiger charge is 2.18. The van der Waals surface area contributed by atoms with Crippen LogP contribution in [0.3, 0.4) is 0 Å². The number of nitrogens with zero attached hydrogens (tertiary/aromatic N) is 3. The Hall–Kier alpha value is -1.39. The monoisotopic (exact) mass is 169 g/mol. The summed E-state index contributed by atoms with van der Waals surface area (Å²) in [5.74, 6) is -0.859. The summed E-state index contributed by atoms with van der Waals surface area (Å²) in [4.78, 5) is 14.4. The van der Waals surface area contributed by atoms with Crippen LogP contribution in [0.15, 0.2) is 12.7 Å². The van der Waals surface area contributed by atoms with Gasteiger partial charge in [-0.3, -0.25) is 0 Å². The standard InChI is InChI=1S/C7H11N3O2/c1-2-3-6(7(11)12)10-5-8-4-9-10/h4-6H,2-3H2,1H3,(H,11,12). The normalized spacial score (nSPS) is 12.8. The van der Waals surface area contributed by atoms with E-state index >= 15 is 0 Å². The van der Waals surface area contributed by atoms with Crippen LogP contribution in [0.2, 0.25) is 0 Å². The average molecular weight is 169 g/mol. The van der Waals surface area contributed by atoms with Gasteiger partial charge < -0.3 is 5.11 Å². The molecule has 0 saturated heterocycles. The van der Waals surface area contributed by atoms with Crippen molar-refractivity contribution in [2.75, 3.05) is 0 Å². The van der Waals surface area contributed by atoms with Crippen molar-refractivity contribution in [3.05, 3.63) is 12.7 Å². The fraction of sp³-hybridized carbons (Fsp3) is 0.571. The second kappa shape index (κ2) is 3.85. The lowest BCUT2D eigenvalue weighted by Gasteiger charge is -2.09. The van der Waals surface area contributed by atoms with Gasteiger partial charge in [-0.15, -0.1) is 0 Å². The summed E-state index contributed by atoms with van der Waals surface area (Å²) in [6.07, 6.45) is 4.16. The summed E-state index contributed by atoms with van der Waals surface area (Å²) >= 11 is 0. The second-order valence-corrected chi connectivity index (χ2v) is 2.52. The third-order valence-corrected chi connectivity index (χ3v) is 1.60. The summed E-state index contributed by atoms with van der Waals surface area (Å²) in [6.45, 7) is 1.94. The van der Waals surface area contributed by atoms with Crippen LogP contribution in [-0.2, 0) is 4.79 Å². The van der Waals surface area contributed by atoms with Crippen LogP contribution < -0.4 is 0 Å². The predicted octanol–water partition coefficient (Wildman–Crippen LogP) is 0.704. The van der Waals surface area contributed by atoms with E-state index in [-0.39, 0.29) is 0 Å². The molecule has 0 saturated carbocycles. The van der Waals surface area contributed by atoms with Gasteiger partial charge in [0.25, 0.3) is 0 Å². The third kappa shape index (κ3) is 1.81. The molecule has 5 heteroatoms. The molecule has 0 aliphatic rings. The van der Waals surface area contributed by atoms with Crippen LogP contribution in [-0.4, -0.2) is 25.8 Å². The van der Waals surface area contributed by atoms with Gasteiger partial charge in [0.15, 0.2) is 6.04 Å². The zero-order chi connectivity index (χ0) is 8.97. The van der Waals surface area contributed by atoms with Crippen molar-refractivity contribution >= 4 is 5.97 Å². The van der Waals surface area contributed by atoms with Gasteiger partial charge in [-0.05, 0) is 6.42 Å². The van der Waals surface area contributed by atoms with Gasteiger partial charge >= 0.3 is 5.97 Å². The molecule has 0 aliphatic heterocycles. The molecule has 0 bridgehead atoms. The number of carbonyl (C=O) groups is 1. The number of hydrogen-bond acceptors (Lipinski definition) is 3.